The van der Waals surface area contributed by atoms with Gasteiger partial charge >= 0.3 is 0 Å². The van der Waals surface area contributed by atoms with Gasteiger partial charge < -0.3 is 5.11 Å². The van der Waals surface area contributed by atoms with Gasteiger partial charge in [0.2, 0.25) is 0 Å². The molecule has 0 atom stereocenters. The molecule has 0 amide bonds. The highest BCUT2D eigenvalue weighted by Gasteiger charge is 2.36. The Morgan fingerprint density at radius 1 is 0.733 bits per heavy atom. The average molecular weight is 432 g/mol. The Balaban J connectivity index is 2.93. The van der Waals surface area contributed by atoms with Crippen LogP contribution in [-0.2, 0) is 26.3 Å². The molecule has 30 heavy (non-hydrogen) atoms. The van der Waals surface area contributed by atoms with Gasteiger partial charge in [-0.25, -0.2) is 8.42 Å². The van der Waals surface area contributed by atoms with Gasteiger partial charge in [0.05, 0.1) is 10.6 Å². The van der Waals surface area contributed by atoms with Crippen molar-refractivity contribution in [2.75, 3.05) is 11.4 Å². The lowest BCUT2D eigenvalue weighted by Crippen LogP contribution is -2.33. The zero-order valence-electron chi connectivity index (χ0n) is 20.1. The van der Waals surface area contributed by atoms with E-state index in [9.17, 15) is 13.5 Å². The standard InChI is InChI=1S/C25H37NO3S/c1-23(2,3)17-15-20(24(4,5)6)22(21(16-17)25(7,8)9)30(28,29)26(10)18-11-13-19(27)14-12-18/h11-16,27H,1-10H3. The molecule has 2 rings (SSSR count). The van der Waals surface area contributed by atoms with E-state index in [2.05, 4.69) is 74.4 Å². The lowest BCUT2D eigenvalue weighted by molar-refractivity contribution is 0.475. The maximum absolute atomic E-state index is 14.0. The van der Waals surface area contributed by atoms with Crippen molar-refractivity contribution in [1.29, 1.82) is 0 Å². The predicted octanol–water partition coefficient (Wildman–Crippen LogP) is 6.11. The molecule has 0 unspecified atom stereocenters. The van der Waals surface area contributed by atoms with Gasteiger partial charge in [0.15, 0.2) is 0 Å². The van der Waals surface area contributed by atoms with Gasteiger partial charge in [-0.05, 0) is 57.2 Å². The zero-order valence-corrected chi connectivity index (χ0v) is 20.9. The number of hydrogen-bond acceptors (Lipinski definition) is 3. The van der Waals surface area contributed by atoms with Crippen molar-refractivity contribution in [1.82, 2.24) is 0 Å². The van der Waals surface area contributed by atoms with Crippen molar-refractivity contribution < 1.29 is 13.5 Å². The van der Waals surface area contributed by atoms with Gasteiger partial charge in [-0.3, -0.25) is 4.31 Å². The minimum Gasteiger partial charge on any atom is -0.508 e. The Morgan fingerprint density at radius 3 is 1.47 bits per heavy atom. The minimum absolute atomic E-state index is 0.102. The van der Waals surface area contributed by atoms with Crippen molar-refractivity contribution in [2.24, 2.45) is 0 Å². The quantitative estimate of drug-likeness (QED) is 0.638. The molecule has 166 valence electrons. The van der Waals surface area contributed by atoms with Crippen LogP contribution in [0.3, 0.4) is 0 Å². The molecular formula is C25H37NO3S. The Hall–Kier alpha value is -2.01. The topological polar surface area (TPSA) is 57.6 Å². The van der Waals surface area contributed by atoms with E-state index in [4.69, 9.17) is 0 Å². The second kappa shape index (κ2) is 7.60. The highest BCUT2D eigenvalue weighted by molar-refractivity contribution is 7.93. The highest BCUT2D eigenvalue weighted by atomic mass is 32.2. The first kappa shape index (κ1) is 24.3. The summed E-state index contributed by atoms with van der Waals surface area (Å²) in [6, 6.07) is 10.4. The predicted molar refractivity (Wildman–Crippen MR) is 126 cm³/mol. The Bertz CT molecular complexity index is 981. The first-order chi connectivity index (χ1) is 13.4. The third-order valence-electron chi connectivity index (χ3n) is 5.40. The molecule has 1 N–H and O–H groups in total. The van der Waals surface area contributed by atoms with Gasteiger partial charge in [0, 0.05) is 7.05 Å². The number of hydrogen-bond donors (Lipinski definition) is 1. The summed E-state index contributed by atoms with van der Waals surface area (Å²) in [7, 11) is -2.28. The zero-order chi connectivity index (χ0) is 23.3. The Labute approximate surface area is 183 Å². The van der Waals surface area contributed by atoms with Gasteiger partial charge in [0.1, 0.15) is 5.75 Å². The summed E-state index contributed by atoms with van der Waals surface area (Å²) in [4.78, 5) is 0.381. The number of nitrogens with zero attached hydrogens (tertiary/aromatic N) is 1. The summed E-state index contributed by atoms with van der Waals surface area (Å²) in [5, 5.41) is 9.60. The maximum atomic E-state index is 14.0. The monoisotopic (exact) mass is 431 g/mol. The first-order valence-corrected chi connectivity index (χ1v) is 11.8. The van der Waals surface area contributed by atoms with Crippen LogP contribution in [0.4, 0.5) is 5.69 Å². The molecule has 0 saturated carbocycles. The molecule has 0 heterocycles. The summed E-state index contributed by atoms with van der Waals surface area (Å²) >= 11 is 0. The van der Waals surface area contributed by atoms with Crippen molar-refractivity contribution in [2.45, 2.75) is 83.5 Å². The summed E-state index contributed by atoms with van der Waals surface area (Å²) in [5.74, 6) is 0.102. The number of phenolic OH excluding ortho intramolecular Hbond substituents is 1. The smallest absolute Gasteiger partial charge is 0.264 e. The van der Waals surface area contributed by atoms with Crippen LogP contribution in [0.1, 0.15) is 79.0 Å². The van der Waals surface area contributed by atoms with Gasteiger partial charge in [-0.1, -0.05) is 74.4 Å². The molecule has 0 radical (unpaired) electrons. The molecule has 0 aliphatic carbocycles. The number of benzene rings is 2. The number of anilines is 1. The molecule has 2 aromatic carbocycles. The average Bonchev–Trinajstić information content (AvgIpc) is 2.58. The highest BCUT2D eigenvalue weighted by Crippen LogP contribution is 2.42. The largest absolute Gasteiger partial charge is 0.508 e. The number of rotatable bonds is 3. The van der Waals surface area contributed by atoms with Gasteiger partial charge in [-0.2, -0.15) is 0 Å². The van der Waals surface area contributed by atoms with Crippen LogP contribution in [0.25, 0.3) is 0 Å². The van der Waals surface area contributed by atoms with Gasteiger partial charge in [-0.15, -0.1) is 0 Å². The van der Waals surface area contributed by atoms with Crippen molar-refractivity contribution in [3.63, 3.8) is 0 Å². The molecule has 0 aliphatic rings. The second-order valence-corrected chi connectivity index (χ2v) is 13.0. The molecule has 4 nitrogen and oxygen atoms in total. The molecule has 0 aliphatic heterocycles. The summed E-state index contributed by atoms with van der Waals surface area (Å²) in [5.41, 5.74) is 2.45. The lowest BCUT2D eigenvalue weighted by Gasteiger charge is -2.34. The molecule has 0 spiro atoms. The van der Waals surface area contributed by atoms with Crippen molar-refractivity contribution in [3.8, 4) is 5.75 Å². The molecule has 0 saturated heterocycles. The third-order valence-corrected chi connectivity index (χ3v) is 7.29. The maximum Gasteiger partial charge on any atom is 0.264 e. The molecule has 2 aromatic rings. The molecule has 0 bridgehead atoms. The Kier molecular flexibility index (Phi) is 6.14. The normalized spacial score (nSPS) is 13.4. The van der Waals surface area contributed by atoms with Crippen LogP contribution in [0, 0.1) is 0 Å². The summed E-state index contributed by atoms with van der Waals surface area (Å²) in [6.07, 6.45) is 0. The number of phenols is 1. The fourth-order valence-electron chi connectivity index (χ4n) is 3.39. The van der Waals surface area contributed by atoms with Crippen molar-refractivity contribution >= 4 is 15.7 Å². The van der Waals surface area contributed by atoms with Crippen LogP contribution < -0.4 is 4.31 Å². The van der Waals surface area contributed by atoms with E-state index in [-0.39, 0.29) is 22.0 Å². The van der Waals surface area contributed by atoms with E-state index in [1.807, 2.05) is 0 Å². The SMILES string of the molecule is CN(c1ccc(O)cc1)S(=O)(=O)c1c(C(C)(C)C)cc(C(C)(C)C)cc1C(C)(C)C. The van der Waals surface area contributed by atoms with Crippen LogP contribution >= 0.6 is 0 Å². The van der Waals surface area contributed by atoms with Crippen LogP contribution in [0.2, 0.25) is 0 Å². The van der Waals surface area contributed by atoms with E-state index in [0.717, 1.165) is 16.7 Å². The van der Waals surface area contributed by atoms with E-state index in [1.165, 1.54) is 16.4 Å². The van der Waals surface area contributed by atoms with Crippen molar-refractivity contribution in [3.05, 3.63) is 53.1 Å². The van der Waals surface area contributed by atoms with Crippen LogP contribution in [0.15, 0.2) is 41.3 Å². The van der Waals surface area contributed by atoms with Gasteiger partial charge in [0.25, 0.3) is 10.0 Å². The fourth-order valence-corrected chi connectivity index (χ4v) is 5.35. The summed E-state index contributed by atoms with van der Waals surface area (Å²) < 4.78 is 29.3. The molecular weight excluding hydrogens is 394 g/mol. The number of sulfonamides is 1. The lowest BCUT2D eigenvalue weighted by atomic mass is 9.75. The fraction of sp³-hybridized carbons (Fsp3) is 0.520. The molecule has 0 fully saturated rings. The van der Waals surface area contributed by atoms with E-state index in [1.54, 1.807) is 19.2 Å². The van der Waals surface area contributed by atoms with Crippen LogP contribution in [-0.4, -0.2) is 20.6 Å². The first-order valence-electron chi connectivity index (χ1n) is 10.3. The van der Waals surface area contributed by atoms with E-state index in [0.29, 0.717) is 10.6 Å². The minimum atomic E-state index is -3.84. The Morgan fingerprint density at radius 2 is 1.13 bits per heavy atom. The summed E-state index contributed by atoms with van der Waals surface area (Å²) in [6.45, 7) is 18.8. The van der Waals surface area contributed by atoms with E-state index >= 15 is 0 Å². The molecule has 5 heteroatoms. The number of aromatic hydroxyl groups is 1. The van der Waals surface area contributed by atoms with E-state index < -0.39 is 10.0 Å². The molecule has 0 aromatic heterocycles. The second-order valence-electron chi connectivity index (χ2n) is 11.1. The third kappa shape index (κ3) is 4.83. The van der Waals surface area contributed by atoms with Crippen LogP contribution in [0.5, 0.6) is 5.75 Å².